The van der Waals surface area contributed by atoms with E-state index < -0.39 is 18.2 Å². The maximum atomic E-state index is 11.7. The summed E-state index contributed by atoms with van der Waals surface area (Å²) < 4.78 is 5.18. The largest absolute Gasteiger partial charge is 0.479 e. The van der Waals surface area contributed by atoms with Gasteiger partial charge in [-0.2, -0.15) is 11.8 Å². The normalized spacial score (nSPS) is 32.6. The third-order valence-electron chi connectivity index (χ3n) is 3.12. The standard InChI is InChI=1S/C11H17NO4S/c13-10(12-6-7-2-1-5-17-7)8-3-4-9(16-8)11(14)15/h7-9H,1-6H2,(H,12,13)(H,14,15)/t7?,8-,9+/m0/s1. The molecule has 3 atom stereocenters. The Labute approximate surface area is 104 Å². The van der Waals surface area contributed by atoms with Crippen molar-refractivity contribution >= 4 is 23.6 Å². The van der Waals surface area contributed by atoms with Gasteiger partial charge in [-0.15, -0.1) is 0 Å². The van der Waals surface area contributed by atoms with Crippen molar-refractivity contribution in [2.45, 2.75) is 43.1 Å². The number of carbonyl (C=O) groups excluding carboxylic acids is 1. The van der Waals surface area contributed by atoms with Gasteiger partial charge in [0.15, 0.2) is 6.10 Å². The van der Waals surface area contributed by atoms with E-state index in [1.54, 1.807) is 0 Å². The lowest BCUT2D eigenvalue weighted by Crippen LogP contribution is -2.38. The zero-order valence-corrected chi connectivity index (χ0v) is 10.4. The Morgan fingerprint density at radius 3 is 2.65 bits per heavy atom. The summed E-state index contributed by atoms with van der Waals surface area (Å²) in [6.45, 7) is 0.668. The number of nitrogens with one attached hydrogen (secondary N) is 1. The van der Waals surface area contributed by atoms with E-state index in [-0.39, 0.29) is 5.91 Å². The molecule has 2 saturated heterocycles. The second-order valence-corrected chi connectivity index (χ2v) is 5.82. The highest BCUT2D eigenvalue weighted by atomic mass is 32.2. The smallest absolute Gasteiger partial charge is 0.332 e. The number of carbonyl (C=O) groups is 2. The number of carboxylic acid groups (broad SMARTS) is 1. The summed E-state index contributed by atoms with van der Waals surface area (Å²) in [6.07, 6.45) is 1.89. The van der Waals surface area contributed by atoms with Gasteiger partial charge in [-0.05, 0) is 31.4 Å². The Bertz CT molecular complexity index is 304. The van der Waals surface area contributed by atoms with Crippen molar-refractivity contribution in [1.82, 2.24) is 5.32 Å². The molecule has 96 valence electrons. The molecule has 0 aromatic carbocycles. The molecule has 1 unspecified atom stereocenters. The van der Waals surface area contributed by atoms with Crippen LogP contribution in [0.25, 0.3) is 0 Å². The second-order valence-electron chi connectivity index (χ2n) is 4.41. The van der Waals surface area contributed by atoms with Crippen LogP contribution < -0.4 is 5.32 Å². The minimum Gasteiger partial charge on any atom is -0.479 e. The number of thioether (sulfide) groups is 1. The summed E-state index contributed by atoms with van der Waals surface area (Å²) in [6, 6.07) is 0. The van der Waals surface area contributed by atoms with Crippen molar-refractivity contribution in [1.29, 1.82) is 0 Å². The van der Waals surface area contributed by atoms with E-state index in [9.17, 15) is 9.59 Å². The third kappa shape index (κ3) is 3.35. The first-order chi connectivity index (χ1) is 8.16. The molecule has 1 amide bonds. The molecular weight excluding hydrogens is 242 g/mol. The Kier molecular flexibility index (Phi) is 4.28. The molecule has 2 heterocycles. The van der Waals surface area contributed by atoms with Gasteiger partial charge in [0.05, 0.1) is 0 Å². The van der Waals surface area contributed by atoms with Crippen molar-refractivity contribution in [3.63, 3.8) is 0 Å². The fourth-order valence-electron chi connectivity index (χ4n) is 2.15. The van der Waals surface area contributed by atoms with Crippen LogP contribution in [0.3, 0.4) is 0 Å². The summed E-state index contributed by atoms with van der Waals surface area (Å²) >= 11 is 1.88. The van der Waals surface area contributed by atoms with Crippen LogP contribution in [0.15, 0.2) is 0 Å². The number of rotatable bonds is 4. The Morgan fingerprint density at radius 1 is 1.29 bits per heavy atom. The predicted molar refractivity (Wildman–Crippen MR) is 64.0 cm³/mol. The van der Waals surface area contributed by atoms with E-state index >= 15 is 0 Å². The number of carboxylic acids is 1. The number of ether oxygens (including phenoxy) is 1. The zero-order chi connectivity index (χ0) is 12.3. The molecule has 0 aromatic rings. The molecule has 0 aromatic heterocycles. The quantitative estimate of drug-likeness (QED) is 0.774. The number of hydrogen-bond donors (Lipinski definition) is 2. The molecule has 2 rings (SSSR count). The first-order valence-electron chi connectivity index (χ1n) is 5.94. The first-order valence-corrected chi connectivity index (χ1v) is 6.99. The molecule has 2 aliphatic rings. The summed E-state index contributed by atoms with van der Waals surface area (Å²) in [4.78, 5) is 22.4. The molecule has 2 aliphatic heterocycles. The van der Waals surface area contributed by atoms with Crippen LogP contribution in [0.5, 0.6) is 0 Å². The van der Waals surface area contributed by atoms with Crippen LogP contribution in [-0.4, -0.2) is 46.7 Å². The van der Waals surface area contributed by atoms with Gasteiger partial charge in [0.2, 0.25) is 5.91 Å². The number of hydrogen-bond acceptors (Lipinski definition) is 4. The van der Waals surface area contributed by atoms with Gasteiger partial charge in [0.25, 0.3) is 0 Å². The van der Waals surface area contributed by atoms with E-state index in [1.165, 1.54) is 12.2 Å². The number of aliphatic carboxylic acids is 1. The van der Waals surface area contributed by atoms with E-state index in [1.807, 2.05) is 11.8 Å². The minimum atomic E-state index is -0.980. The van der Waals surface area contributed by atoms with Crippen molar-refractivity contribution in [2.75, 3.05) is 12.3 Å². The summed E-state index contributed by atoms with van der Waals surface area (Å²) in [7, 11) is 0. The monoisotopic (exact) mass is 259 g/mol. The molecule has 2 fully saturated rings. The van der Waals surface area contributed by atoms with Gasteiger partial charge in [0.1, 0.15) is 6.10 Å². The van der Waals surface area contributed by atoms with Crippen LogP contribution in [0.4, 0.5) is 0 Å². The molecule has 0 radical (unpaired) electrons. The Morgan fingerprint density at radius 2 is 2.06 bits per heavy atom. The van der Waals surface area contributed by atoms with Gasteiger partial charge >= 0.3 is 5.97 Å². The van der Waals surface area contributed by atoms with E-state index in [0.717, 1.165) is 6.42 Å². The minimum absolute atomic E-state index is 0.166. The van der Waals surface area contributed by atoms with Crippen molar-refractivity contribution < 1.29 is 19.4 Å². The van der Waals surface area contributed by atoms with Crippen molar-refractivity contribution in [2.24, 2.45) is 0 Å². The fourth-order valence-corrected chi connectivity index (χ4v) is 3.35. The average Bonchev–Trinajstić information content (AvgIpc) is 2.96. The fraction of sp³-hybridized carbons (Fsp3) is 0.818. The van der Waals surface area contributed by atoms with Crippen LogP contribution in [0, 0.1) is 0 Å². The maximum Gasteiger partial charge on any atom is 0.332 e. The second kappa shape index (κ2) is 5.73. The van der Waals surface area contributed by atoms with Gasteiger partial charge in [-0.1, -0.05) is 0 Å². The van der Waals surface area contributed by atoms with Crippen LogP contribution in [-0.2, 0) is 14.3 Å². The summed E-state index contributed by atoms with van der Waals surface area (Å²) in [5, 5.41) is 12.1. The van der Waals surface area contributed by atoms with Crippen molar-refractivity contribution in [3.05, 3.63) is 0 Å². The Hall–Kier alpha value is -0.750. The molecule has 0 saturated carbocycles. The lowest BCUT2D eigenvalue weighted by atomic mass is 10.2. The summed E-state index contributed by atoms with van der Waals surface area (Å²) in [5.41, 5.74) is 0. The maximum absolute atomic E-state index is 11.7. The molecule has 0 bridgehead atoms. The molecular formula is C11H17NO4S. The summed E-state index contributed by atoms with van der Waals surface area (Å²) in [5.74, 6) is 0.0227. The molecule has 5 nitrogen and oxygen atoms in total. The van der Waals surface area contributed by atoms with E-state index in [2.05, 4.69) is 5.32 Å². The predicted octanol–water partition coefficient (Wildman–Crippen LogP) is 0.630. The van der Waals surface area contributed by atoms with Gasteiger partial charge in [0, 0.05) is 11.8 Å². The average molecular weight is 259 g/mol. The topological polar surface area (TPSA) is 75.6 Å². The lowest BCUT2D eigenvalue weighted by molar-refractivity contribution is -0.151. The third-order valence-corrected chi connectivity index (χ3v) is 4.51. The van der Waals surface area contributed by atoms with E-state index in [4.69, 9.17) is 9.84 Å². The highest BCUT2D eigenvalue weighted by Gasteiger charge is 2.34. The molecule has 2 N–H and O–H groups in total. The van der Waals surface area contributed by atoms with E-state index in [0.29, 0.717) is 24.6 Å². The van der Waals surface area contributed by atoms with Crippen LogP contribution in [0.1, 0.15) is 25.7 Å². The number of amides is 1. The van der Waals surface area contributed by atoms with Gasteiger partial charge in [-0.3, -0.25) is 4.79 Å². The highest BCUT2D eigenvalue weighted by Crippen LogP contribution is 2.25. The van der Waals surface area contributed by atoms with Gasteiger partial charge < -0.3 is 15.2 Å². The SMILES string of the molecule is O=C(NCC1CCCS1)[C@@H]1CC[C@H](C(=O)O)O1. The lowest BCUT2D eigenvalue weighted by Gasteiger charge is -2.14. The molecule has 0 aliphatic carbocycles. The highest BCUT2D eigenvalue weighted by molar-refractivity contribution is 8.00. The van der Waals surface area contributed by atoms with Crippen molar-refractivity contribution in [3.8, 4) is 0 Å². The van der Waals surface area contributed by atoms with Crippen LogP contribution in [0.2, 0.25) is 0 Å². The first kappa shape index (κ1) is 12.7. The van der Waals surface area contributed by atoms with Crippen LogP contribution >= 0.6 is 11.8 Å². The zero-order valence-electron chi connectivity index (χ0n) is 9.55. The molecule has 6 heteroatoms. The molecule has 0 spiro atoms. The Balaban J connectivity index is 1.71. The van der Waals surface area contributed by atoms with Gasteiger partial charge in [-0.25, -0.2) is 4.79 Å². The molecule has 17 heavy (non-hydrogen) atoms.